The Morgan fingerprint density at radius 1 is 1.31 bits per heavy atom. The van der Waals surface area contributed by atoms with E-state index in [1.807, 2.05) is 45.9 Å². The summed E-state index contributed by atoms with van der Waals surface area (Å²) in [6, 6.07) is 8.05. The fourth-order valence-corrected chi connectivity index (χ4v) is 3.94. The lowest BCUT2D eigenvalue weighted by Gasteiger charge is -2.39. The monoisotopic (exact) mass is 353 g/mol. The first kappa shape index (κ1) is 18.4. The summed E-state index contributed by atoms with van der Waals surface area (Å²) in [5.41, 5.74) is 4.64. The lowest BCUT2D eigenvalue weighted by Crippen LogP contribution is -2.40. The van der Waals surface area contributed by atoms with Gasteiger partial charge in [-0.2, -0.15) is 0 Å². The third-order valence-electron chi connectivity index (χ3n) is 5.37. The van der Waals surface area contributed by atoms with Crippen LogP contribution in [-0.4, -0.2) is 18.4 Å². The van der Waals surface area contributed by atoms with Crippen LogP contribution in [0.15, 0.2) is 46.8 Å². The number of Topliss-reactive ketones (excluding diaryl/α,β-unsaturated/α-hetero) is 1. The van der Waals surface area contributed by atoms with Crippen molar-refractivity contribution in [3.05, 3.63) is 57.9 Å². The molecule has 1 unspecified atom stereocenters. The summed E-state index contributed by atoms with van der Waals surface area (Å²) >= 11 is 0. The van der Waals surface area contributed by atoms with Crippen LogP contribution < -0.4 is 5.32 Å². The van der Waals surface area contributed by atoms with Crippen molar-refractivity contribution in [1.29, 1.82) is 0 Å². The van der Waals surface area contributed by atoms with E-state index >= 15 is 0 Å². The van der Waals surface area contributed by atoms with E-state index in [1.54, 1.807) is 6.92 Å². The van der Waals surface area contributed by atoms with E-state index in [0.29, 0.717) is 12.2 Å². The van der Waals surface area contributed by atoms with Crippen molar-refractivity contribution in [1.82, 2.24) is 5.32 Å². The van der Waals surface area contributed by atoms with E-state index in [9.17, 15) is 9.59 Å². The molecule has 0 amide bonds. The standard InChI is InChI=1S/C22H27NO3/c1-6-26-21(25)17-14(3)23-16-10-11-22(4,5)20(24)19(16)18(17)15-9-7-8-13(2)12-15/h7-9,12,18,23H,6,10-11H2,1-5H3. The van der Waals surface area contributed by atoms with Gasteiger partial charge in [-0.1, -0.05) is 43.7 Å². The third-order valence-corrected chi connectivity index (χ3v) is 5.37. The Morgan fingerprint density at radius 2 is 2.04 bits per heavy atom. The van der Waals surface area contributed by atoms with Crippen molar-refractivity contribution < 1.29 is 14.3 Å². The summed E-state index contributed by atoms with van der Waals surface area (Å²) in [7, 11) is 0. The second-order valence-electron chi connectivity index (χ2n) is 7.84. The Labute approximate surface area is 155 Å². The molecule has 3 rings (SSSR count). The number of carbonyl (C=O) groups is 2. The molecular formula is C22H27NO3. The van der Waals surface area contributed by atoms with Crippen molar-refractivity contribution in [2.24, 2.45) is 5.41 Å². The quantitative estimate of drug-likeness (QED) is 0.829. The number of benzene rings is 1. The topological polar surface area (TPSA) is 55.4 Å². The highest BCUT2D eigenvalue weighted by molar-refractivity contribution is 6.06. The van der Waals surface area contributed by atoms with E-state index in [0.717, 1.165) is 40.9 Å². The predicted molar refractivity (Wildman–Crippen MR) is 101 cm³/mol. The van der Waals surface area contributed by atoms with Crippen molar-refractivity contribution in [3.8, 4) is 0 Å². The molecular weight excluding hydrogens is 326 g/mol. The molecule has 1 aromatic rings. The zero-order valence-corrected chi connectivity index (χ0v) is 16.2. The van der Waals surface area contributed by atoms with E-state index < -0.39 is 5.41 Å². The first-order chi connectivity index (χ1) is 12.3. The van der Waals surface area contributed by atoms with Gasteiger partial charge in [0.1, 0.15) is 0 Å². The maximum atomic E-state index is 13.3. The molecule has 0 bridgehead atoms. The minimum absolute atomic E-state index is 0.118. The number of dihydropyridines is 1. The lowest BCUT2D eigenvalue weighted by molar-refractivity contribution is -0.138. The fraction of sp³-hybridized carbons (Fsp3) is 0.455. The molecule has 0 aromatic heterocycles. The van der Waals surface area contributed by atoms with Crippen molar-refractivity contribution >= 4 is 11.8 Å². The minimum atomic E-state index is -0.423. The molecule has 0 saturated carbocycles. The summed E-state index contributed by atoms with van der Waals surface area (Å²) < 4.78 is 5.33. The number of ketones is 1. The highest BCUT2D eigenvalue weighted by atomic mass is 16.5. The molecule has 2 aliphatic rings. The summed E-state index contributed by atoms with van der Waals surface area (Å²) in [6.07, 6.45) is 1.62. The number of allylic oxidation sites excluding steroid dienone is 3. The van der Waals surface area contributed by atoms with Gasteiger partial charge in [0, 0.05) is 28.3 Å². The minimum Gasteiger partial charge on any atom is -0.463 e. The number of ether oxygens (including phenoxy) is 1. The molecule has 0 radical (unpaired) electrons. The van der Waals surface area contributed by atoms with Crippen LogP contribution >= 0.6 is 0 Å². The second-order valence-corrected chi connectivity index (χ2v) is 7.84. The molecule has 1 heterocycles. The summed E-state index contributed by atoms with van der Waals surface area (Å²) in [6.45, 7) is 9.99. The molecule has 1 aliphatic heterocycles. The number of nitrogens with one attached hydrogen (secondary N) is 1. The smallest absolute Gasteiger partial charge is 0.336 e. The van der Waals surface area contributed by atoms with E-state index in [1.165, 1.54) is 0 Å². The lowest BCUT2D eigenvalue weighted by atomic mass is 9.67. The van der Waals surface area contributed by atoms with Crippen LogP contribution in [0.1, 0.15) is 57.6 Å². The Morgan fingerprint density at radius 3 is 2.69 bits per heavy atom. The number of hydrogen-bond acceptors (Lipinski definition) is 4. The molecule has 26 heavy (non-hydrogen) atoms. The number of hydrogen-bond donors (Lipinski definition) is 1. The Hall–Kier alpha value is -2.36. The summed E-state index contributed by atoms with van der Waals surface area (Å²) in [5.74, 6) is -0.615. The van der Waals surface area contributed by atoms with Crippen LogP contribution in [0, 0.1) is 12.3 Å². The Kier molecular flexibility index (Phi) is 4.78. The zero-order valence-electron chi connectivity index (χ0n) is 16.2. The van der Waals surface area contributed by atoms with E-state index in [2.05, 4.69) is 11.4 Å². The number of carbonyl (C=O) groups excluding carboxylic acids is 2. The van der Waals surface area contributed by atoms with Gasteiger partial charge in [-0.15, -0.1) is 0 Å². The highest BCUT2D eigenvalue weighted by Gasteiger charge is 2.44. The van der Waals surface area contributed by atoms with E-state index in [-0.39, 0.29) is 17.7 Å². The van der Waals surface area contributed by atoms with Crippen LogP contribution in [0.25, 0.3) is 0 Å². The van der Waals surface area contributed by atoms with Gasteiger partial charge in [0.05, 0.1) is 12.2 Å². The van der Waals surface area contributed by atoms with E-state index in [4.69, 9.17) is 4.74 Å². The first-order valence-corrected chi connectivity index (χ1v) is 9.25. The number of esters is 1. The van der Waals surface area contributed by atoms with Crippen molar-refractivity contribution in [3.63, 3.8) is 0 Å². The van der Waals surface area contributed by atoms with Gasteiger partial charge in [0.2, 0.25) is 0 Å². The van der Waals surface area contributed by atoms with Gasteiger partial charge in [-0.05, 0) is 39.2 Å². The molecule has 1 aromatic carbocycles. The van der Waals surface area contributed by atoms with Gasteiger partial charge < -0.3 is 10.1 Å². The molecule has 4 nitrogen and oxygen atoms in total. The van der Waals surface area contributed by atoms with Crippen LogP contribution in [0.5, 0.6) is 0 Å². The molecule has 1 N–H and O–H groups in total. The summed E-state index contributed by atoms with van der Waals surface area (Å²) in [4.78, 5) is 26.1. The number of rotatable bonds is 3. The van der Waals surface area contributed by atoms with Crippen LogP contribution in [0.2, 0.25) is 0 Å². The predicted octanol–water partition coefficient (Wildman–Crippen LogP) is 4.16. The molecule has 1 aliphatic carbocycles. The largest absolute Gasteiger partial charge is 0.463 e. The summed E-state index contributed by atoms with van der Waals surface area (Å²) in [5, 5.41) is 3.33. The fourth-order valence-electron chi connectivity index (χ4n) is 3.94. The maximum Gasteiger partial charge on any atom is 0.336 e. The SMILES string of the molecule is CCOC(=O)C1=C(C)NC2=C(C(=O)C(C)(C)CC2)C1c1cccc(C)c1. The third kappa shape index (κ3) is 3.09. The average molecular weight is 353 g/mol. The second kappa shape index (κ2) is 6.75. The van der Waals surface area contributed by atoms with Gasteiger partial charge in [-0.3, -0.25) is 4.79 Å². The van der Waals surface area contributed by atoms with Gasteiger partial charge in [0.15, 0.2) is 5.78 Å². The van der Waals surface area contributed by atoms with Crippen LogP contribution in [0.3, 0.4) is 0 Å². The van der Waals surface area contributed by atoms with Gasteiger partial charge in [0.25, 0.3) is 0 Å². The highest BCUT2D eigenvalue weighted by Crippen LogP contribution is 2.46. The van der Waals surface area contributed by atoms with Gasteiger partial charge >= 0.3 is 5.97 Å². The van der Waals surface area contributed by atoms with Crippen molar-refractivity contribution in [2.75, 3.05) is 6.61 Å². The molecule has 0 spiro atoms. The Balaban J connectivity index is 2.20. The maximum absolute atomic E-state index is 13.3. The molecule has 138 valence electrons. The molecule has 0 fully saturated rings. The normalized spacial score (nSPS) is 22.0. The van der Waals surface area contributed by atoms with Crippen LogP contribution in [0.4, 0.5) is 0 Å². The number of aryl methyl sites for hydroxylation is 1. The van der Waals surface area contributed by atoms with Gasteiger partial charge in [-0.25, -0.2) is 4.79 Å². The zero-order chi connectivity index (χ0) is 19.1. The van der Waals surface area contributed by atoms with Crippen LogP contribution in [-0.2, 0) is 14.3 Å². The average Bonchev–Trinajstić information content (AvgIpc) is 2.57. The molecule has 4 heteroatoms. The Bertz CT molecular complexity index is 830. The molecule has 0 saturated heterocycles. The van der Waals surface area contributed by atoms with Crippen molar-refractivity contribution in [2.45, 2.75) is 53.4 Å². The molecule has 1 atom stereocenters. The first-order valence-electron chi connectivity index (χ1n) is 9.25.